The van der Waals surface area contributed by atoms with Crippen LogP contribution in [0.2, 0.25) is 15.1 Å². The van der Waals surface area contributed by atoms with E-state index in [0.29, 0.717) is 26.6 Å². The van der Waals surface area contributed by atoms with E-state index in [-0.39, 0.29) is 30.5 Å². The third kappa shape index (κ3) is 11.1. The molecule has 3 aromatic carbocycles. The van der Waals surface area contributed by atoms with Gasteiger partial charge in [-0.1, -0.05) is 72.7 Å². The van der Waals surface area contributed by atoms with Gasteiger partial charge in [-0.15, -0.1) is 0 Å². The van der Waals surface area contributed by atoms with Crippen molar-refractivity contribution in [2.75, 3.05) is 27.8 Å². The molecule has 1 aliphatic rings. The molecule has 1 saturated heterocycles. The minimum Gasteiger partial charge on any atom is -0.506 e. The Labute approximate surface area is 273 Å². The van der Waals surface area contributed by atoms with Crippen LogP contribution in [0.1, 0.15) is 27.7 Å². The lowest BCUT2D eigenvalue weighted by Gasteiger charge is -2.32. The third-order valence-corrected chi connectivity index (χ3v) is 7.88. The molecule has 0 atom stereocenters. The van der Waals surface area contributed by atoms with Gasteiger partial charge in [-0.25, -0.2) is 0 Å². The summed E-state index contributed by atoms with van der Waals surface area (Å²) in [6, 6.07) is 15.8. The minimum absolute atomic E-state index is 0.103. The predicted molar refractivity (Wildman–Crippen MR) is 172 cm³/mol. The molecule has 0 bridgehead atoms. The Bertz CT molecular complexity index is 1270. The number of phenols is 1. The van der Waals surface area contributed by atoms with Gasteiger partial charge >= 0.3 is 7.12 Å². The molecule has 13 heteroatoms. The molecule has 0 unspecified atom stereocenters. The molecule has 1 heterocycles. The van der Waals surface area contributed by atoms with E-state index < -0.39 is 7.12 Å². The molecule has 0 spiro atoms. The first-order valence-electron chi connectivity index (χ1n) is 12.2. The number of benzene rings is 3. The highest BCUT2D eigenvalue weighted by Crippen LogP contribution is 2.37. The highest BCUT2D eigenvalue weighted by atomic mass is 79.9. The molecular weight excluding hydrogens is 725 g/mol. The van der Waals surface area contributed by atoms with Gasteiger partial charge < -0.3 is 33.4 Å². The lowest BCUT2D eigenvalue weighted by molar-refractivity contribution is 0.00578. The lowest BCUT2D eigenvalue weighted by atomic mass is 9.79. The molecule has 1 aliphatic heterocycles. The maximum Gasteiger partial charge on any atom is 0.494 e. The molecule has 7 nitrogen and oxygen atoms in total. The number of hydrogen-bond acceptors (Lipinski definition) is 7. The van der Waals surface area contributed by atoms with Crippen molar-refractivity contribution in [1.29, 1.82) is 0 Å². The molecule has 1 N–H and O–H groups in total. The number of ether oxygens (including phenoxy) is 4. The van der Waals surface area contributed by atoms with Crippen molar-refractivity contribution in [3.8, 4) is 17.2 Å². The summed E-state index contributed by atoms with van der Waals surface area (Å²) in [4.78, 5) is 0. The van der Waals surface area contributed by atoms with Crippen LogP contribution < -0.4 is 14.9 Å². The Morgan fingerprint density at radius 2 is 1.15 bits per heavy atom. The number of aromatic hydroxyl groups is 1. The summed E-state index contributed by atoms with van der Waals surface area (Å²) in [6.45, 7) is 8.43. The fraction of sp³-hybridized carbons (Fsp3) is 0.357. The Morgan fingerprint density at radius 3 is 1.61 bits per heavy atom. The number of rotatable bonds is 7. The van der Waals surface area contributed by atoms with Crippen molar-refractivity contribution in [3.63, 3.8) is 0 Å². The average Bonchev–Trinajstić information content (AvgIpc) is 3.13. The molecule has 1 fully saturated rings. The van der Waals surface area contributed by atoms with E-state index >= 15 is 0 Å². The van der Waals surface area contributed by atoms with E-state index in [1.807, 2.05) is 45.9 Å². The molecule has 0 radical (unpaired) electrons. The summed E-state index contributed by atoms with van der Waals surface area (Å²) in [5.41, 5.74) is 0.134. The fourth-order valence-corrected chi connectivity index (χ4v) is 4.23. The highest BCUT2D eigenvalue weighted by molar-refractivity contribution is 9.10. The van der Waals surface area contributed by atoms with Gasteiger partial charge in [0.25, 0.3) is 0 Å². The van der Waals surface area contributed by atoms with Gasteiger partial charge in [0, 0.05) is 23.2 Å². The molecule has 3 aromatic rings. The van der Waals surface area contributed by atoms with Gasteiger partial charge in [-0.3, -0.25) is 0 Å². The molecule has 0 aromatic heterocycles. The lowest BCUT2D eigenvalue weighted by Crippen LogP contribution is -2.41. The molecule has 41 heavy (non-hydrogen) atoms. The predicted octanol–water partition coefficient (Wildman–Crippen LogP) is 8.52. The van der Waals surface area contributed by atoms with E-state index in [9.17, 15) is 0 Å². The van der Waals surface area contributed by atoms with E-state index in [4.69, 9.17) is 68.2 Å². The summed E-state index contributed by atoms with van der Waals surface area (Å²) in [6.07, 6.45) is 0. The first-order valence-corrected chi connectivity index (χ1v) is 14.9. The van der Waals surface area contributed by atoms with Crippen LogP contribution in [0.4, 0.5) is 0 Å². The summed E-state index contributed by atoms with van der Waals surface area (Å²) < 4.78 is 34.0. The monoisotopic (exact) mass is 754 g/mol. The third-order valence-electron chi connectivity index (χ3n) is 5.95. The average molecular weight is 758 g/mol. The summed E-state index contributed by atoms with van der Waals surface area (Å²) >= 11 is 23.9. The normalized spacial score (nSPS) is 14.9. The Hall–Kier alpha value is -1.21. The van der Waals surface area contributed by atoms with Crippen LogP contribution in [0, 0.1) is 0 Å². The Balaban J connectivity index is 0.000000237. The molecular formula is C28H32BBr2Cl3O7. The molecule has 0 saturated carbocycles. The number of hydrogen-bond donors (Lipinski definition) is 1. The zero-order valence-electron chi connectivity index (χ0n) is 23.5. The zero-order chi connectivity index (χ0) is 30.8. The maximum atomic E-state index is 8.94. The number of methoxy groups -OCH3 is 2. The van der Waals surface area contributed by atoms with Gasteiger partial charge in [-0.05, 0) is 81.7 Å². The van der Waals surface area contributed by atoms with Crippen LogP contribution in [-0.4, -0.2) is 51.2 Å². The van der Waals surface area contributed by atoms with Crippen LogP contribution in [0.15, 0.2) is 63.5 Å². The van der Waals surface area contributed by atoms with Crippen LogP contribution >= 0.6 is 66.7 Å². The van der Waals surface area contributed by atoms with Gasteiger partial charge in [0.2, 0.25) is 0 Å². The summed E-state index contributed by atoms with van der Waals surface area (Å²) in [5.74, 6) is 1.28. The highest BCUT2D eigenvalue weighted by Gasteiger charge is 2.51. The second-order valence-corrected chi connectivity index (χ2v) is 12.6. The largest absolute Gasteiger partial charge is 0.506 e. The van der Waals surface area contributed by atoms with Gasteiger partial charge in [0.15, 0.2) is 13.6 Å². The first kappa shape index (κ1) is 36.0. The van der Waals surface area contributed by atoms with Crippen LogP contribution in [0.3, 0.4) is 0 Å². The van der Waals surface area contributed by atoms with Crippen molar-refractivity contribution in [1.82, 2.24) is 0 Å². The van der Waals surface area contributed by atoms with Crippen LogP contribution in [-0.2, 0) is 18.8 Å². The van der Waals surface area contributed by atoms with Crippen LogP contribution in [0.25, 0.3) is 0 Å². The Kier molecular flexibility index (Phi) is 14.6. The first-order chi connectivity index (χ1) is 19.2. The molecule has 224 valence electrons. The molecule has 4 rings (SSSR count). The van der Waals surface area contributed by atoms with Crippen molar-refractivity contribution in [3.05, 3.63) is 78.6 Å². The molecule has 0 aliphatic carbocycles. The van der Waals surface area contributed by atoms with E-state index in [0.717, 1.165) is 14.4 Å². The second-order valence-electron chi connectivity index (χ2n) is 9.55. The Morgan fingerprint density at radius 1 is 0.707 bits per heavy atom. The van der Waals surface area contributed by atoms with Gasteiger partial charge in [0.1, 0.15) is 17.2 Å². The smallest absolute Gasteiger partial charge is 0.494 e. The maximum absolute atomic E-state index is 8.94. The van der Waals surface area contributed by atoms with E-state index in [2.05, 4.69) is 31.9 Å². The van der Waals surface area contributed by atoms with Gasteiger partial charge in [0.05, 0.1) is 26.3 Å². The van der Waals surface area contributed by atoms with Crippen molar-refractivity contribution in [2.45, 2.75) is 38.9 Å². The quantitative estimate of drug-likeness (QED) is 0.192. The van der Waals surface area contributed by atoms with Crippen molar-refractivity contribution >= 4 is 79.2 Å². The van der Waals surface area contributed by atoms with E-state index in [1.54, 1.807) is 50.6 Å². The van der Waals surface area contributed by atoms with Crippen molar-refractivity contribution < 1.29 is 33.4 Å². The topological polar surface area (TPSA) is 75.6 Å². The van der Waals surface area contributed by atoms with Crippen molar-refractivity contribution in [2.24, 2.45) is 0 Å². The summed E-state index contributed by atoms with van der Waals surface area (Å²) in [7, 11) is 2.69. The fourth-order valence-electron chi connectivity index (χ4n) is 3.07. The standard InChI is InChI=1S/C14H20BClO4.C8H8BrClO2.C6H4BrClO/c1-13(2)14(3,4)20-15(19-13)10-6-7-11(16)12(8-10)18-9-17-5;1-11-5-12-8-4-6(9)2-3-7(8)10;7-4-1-2-5(8)6(9)3-4/h6-8H,9H2,1-5H3;2-4H,5H2,1H3;1-3,9H. The second kappa shape index (κ2) is 16.6. The number of halogens is 5. The summed E-state index contributed by atoms with van der Waals surface area (Å²) in [5, 5.41) is 10.4. The van der Waals surface area contributed by atoms with Gasteiger partial charge in [-0.2, -0.15) is 0 Å². The molecule has 0 amide bonds. The zero-order valence-corrected chi connectivity index (χ0v) is 28.9. The van der Waals surface area contributed by atoms with E-state index in [1.165, 1.54) is 0 Å². The SMILES string of the molecule is COCOc1cc(B2OC(C)(C)C(C)(C)O2)ccc1Cl.COCOc1cc(Br)ccc1Cl.Oc1cc(Br)ccc1Cl. The minimum atomic E-state index is -0.429. The van der Waals surface area contributed by atoms with Crippen LogP contribution in [0.5, 0.6) is 17.2 Å². The number of phenolic OH excluding ortho intramolecular Hbond substituents is 1.